The van der Waals surface area contributed by atoms with Crippen LogP contribution >= 0.6 is 11.3 Å². The monoisotopic (exact) mass is 398 g/mol. The van der Waals surface area contributed by atoms with Gasteiger partial charge in [0, 0.05) is 31.4 Å². The third-order valence-electron chi connectivity index (χ3n) is 4.85. The zero-order valence-corrected chi connectivity index (χ0v) is 16.6. The van der Waals surface area contributed by atoms with Crippen LogP contribution in [-0.2, 0) is 0 Å². The molecule has 4 rings (SSSR count). The van der Waals surface area contributed by atoms with Gasteiger partial charge in [-0.25, -0.2) is 9.78 Å². The minimum atomic E-state index is -0.112. The van der Waals surface area contributed by atoms with Crippen molar-refractivity contribution < 1.29 is 9.53 Å². The van der Waals surface area contributed by atoms with E-state index in [0.29, 0.717) is 19.6 Å². The van der Waals surface area contributed by atoms with Gasteiger partial charge >= 0.3 is 6.03 Å². The van der Waals surface area contributed by atoms with Gasteiger partial charge in [0.1, 0.15) is 16.4 Å². The molecule has 1 aliphatic rings. The van der Waals surface area contributed by atoms with Gasteiger partial charge < -0.3 is 25.6 Å². The first-order valence-electron chi connectivity index (χ1n) is 9.02. The van der Waals surface area contributed by atoms with Gasteiger partial charge in [-0.2, -0.15) is 4.98 Å². The first kappa shape index (κ1) is 18.3. The number of amides is 2. The number of piperazine rings is 1. The highest BCUT2D eigenvalue weighted by Crippen LogP contribution is 2.30. The quantitative estimate of drug-likeness (QED) is 0.704. The second-order valence-corrected chi connectivity index (χ2v) is 7.59. The molecule has 8 nitrogen and oxygen atoms in total. The maximum absolute atomic E-state index is 12.7. The van der Waals surface area contributed by atoms with E-state index in [1.807, 2.05) is 40.6 Å². The van der Waals surface area contributed by atoms with Crippen molar-refractivity contribution in [1.82, 2.24) is 14.9 Å². The number of hydrogen-bond donors (Lipinski definition) is 2. The van der Waals surface area contributed by atoms with Crippen molar-refractivity contribution in [1.29, 1.82) is 0 Å². The van der Waals surface area contributed by atoms with Crippen LogP contribution in [0.2, 0.25) is 0 Å². The van der Waals surface area contributed by atoms with E-state index in [9.17, 15) is 4.79 Å². The molecule has 0 bridgehead atoms. The largest absolute Gasteiger partial charge is 0.497 e. The SMILES string of the molecule is COc1ccc(NC(=O)N2CCN(c3nc(N)nc4sccc34)[C@@H](C)C2)cc1. The van der Waals surface area contributed by atoms with Crippen molar-refractivity contribution in [2.45, 2.75) is 13.0 Å². The summed E-state index contributed by atoms with van der Waals surface area (Å²) in [4.78, 5) is 26.3. The van der Waals surface area contributed by atoms with Gasteiger partial charge in [-0.1, -0.05) is 0 Å². The number of rotatable bonds is 3. The number of methoxy groups -OCH3 is 1. The number of hydrogen-bond acceptors (Lipinski definition) is 7. The summed E-state index contributed by atoms with van der Waals surface area (Å²) < 4.78 is 5.14. The number of nitrogens with one attached hydrogen (secondary N) is 1. The number of thiophene rings is 1. The lowest BCUT2D eigenvalue weighted by Crippen LogP contribution is -2.55. The van der Waals surface area contributed by atoms with Crippen molar-refractivity contribution >= 4 is 45.0 Å². The molecule has 146 valence electrons. The van der Waals surface area contributed by atoms with Gasteiger partial charge in [0.05, 0.1) is 12.5 Å². The van der Waals surface area contributed by atoms with E-state index < -0.39 is 0 Å². The van der Waals surface area contributed by atoms with E-state index >= 15 is 0 Å². The van der Waals surface area contributed by atoms with Gasteiger partial charge in [-0.15, -0.1) is 11.3 Å². The molecule has 0 aliphatic carbocycles. The number of urea groups is 1. The second kappa shape index (κ2) is 7.51. The van der Waals surface area contributed by atoms with Crippen LogP contribution in [0.25, 0.3) is 10.2 Å². The van der Waals surface area contributed by atoms with Gasteiger partial charge in [0.2, 0.25) is 5.95 Å². The molecule has 3 N–H and O–H groups in total. The minimum Gasteiger partial charge on any atom is -0.497 e. The predicted molar refractivity (Wildman–Crippen MR) is 112 cm³/mol. The molecule has 1 fully saturated rings. The predicted octanol–water partition coefficient (Wildman–Crippen LogP) is 3.02. The standard InChI is InChI=1S/C19H22N6O2S/c1-12-11-24(19(26)21-13-3-5-14(27-2)6-4-13)8-9-25(12)16-15-7-10-28-17(15)23-18(20)22-16/h3-7,10,12H,8-9,11H2,1-2H3,(H,21,26)(H2,20,22,23)/t12-/m0/s1. The lowest BCUT2D eigenvalue weighted by Gasteiger charge is -2.40. The zero-order valence-electron chi connectivity index (χ0n) is 15.8. The smallest absolute Gasteiger partial charge is 0.321 e. The highest BCUT2D eigenvalue weighted by Gasteiger charge is 2.29. The second-order valence-electron chi connectivity index (χ2n) is 6.69. The molecular weight excluding hydrogens is 376 g/mol. The number of carbonyl (C=O) groups is 1. The van der Waals surface area contributed by atoms with Gasteiger partial charge in [0.15, 0.2) is 0 Å². The molecule has 3 aromatic rings. The summed E-state index contributed by atoms with van der Waals surface area (Å²) >= 11 is 1.55. The molecule has 2 amide bonds. The molecule has 0 unspecified atom stereocenters. The summed E-state index contributed by atoms with van der Waals surface area (Å²) in [7, 11) is 1.61. The molecular formula is C19H22N6O2S. The number of aromatic nitrogens is 2. The third kappa shape index (κ3) is 3.53. The average molecular weight is 398 g/mol. The number of benzene rings is 1. The fourth-order valence-corrected chi connectivity index (χ4v) is 4.17. The highest BCUT2D eigenvalue weighted by atomic mass is 32.1. The van der Waals surface area contributed by atoms with Crippen LogP contribution < -0.4 is 20.7 Å². The van der Waals surface area contributed by atoms with Crippen LogP contribution in [0.5, 0.6) is 5.75 Å². The molecule has 28 heavy (non-hydrogen) atoms. The number of carbonyl (C=O) groups excluding carboxylic acids is 1. The Kier molecular flexibility index (Phi) is 4.91. The first-order valence-corrected chi connectivity index (χ1v) is 9.90. The van der Waals surface area contributed by atoms with Crippen molar-refractivity contribution in [2.75, 3.05) is 42.7 Å². The number of nitrogen functional groups attached to an aromatic ring is 1. The Labute approximate surface area is 166 Å². The number of fused-ring (bicyclic) bond motifs is 1. The van der Waals surface area contributed by atoms with Crippen LogP contribution in [-0.4, -0.2) is 53.7 Å². The minimum absolute atomic E-state index is 0.104. The topological polar surface area (TPSA) is 96.6 Å². The number of nitrogens with two attached hydrogens (primary N) is 1. The molecule has 0 spiro atoms. The molecule has 3 heterocycles. The van der Waals surface area contributed by atoms with E-state index in [2.05, 4.69) is 27.1 Å². The van der Waals surface area contributed by atoms with Crippen molar-refractivity contribution in [3.05, 3.63) is 35.7 Å². The first-order chi connectivity index (χ1) is 13.5. The summed E-state index contributed by atoms with van der Waals surface area (Å²) in [6.45, 7) is 3.96. The molecule has 1 saturated heterocycles. The van der Waals surface area contributed by atoms with Crippen molar-refractivity contribution in [2.24, 2.45) is 0 Å². The summed E-state index contributed by atoms with van der Waals surface area (Å²) in [5, 5.41) is 5.94. The highest BCUT2D eigenvalue weighted by molar-refractivity contribution is 7.16. The molecule has 9 heteroatoms. The van der Waals surface area contributed by atoms with Crippen LogP contribution in [0, 0.1) is 0 Å². The molecule has 2 aromatic heterocycles. The Morgan fingerprint density at radius 2 is 2.04 bits per heavy atom. The fourth-order valence-electron chi connectivity index (χ4n) is 3.41. The molecule has 1 aliphatic heterocycles. The van der Waals surface area contributed by atoms with E-state index in [-0.39, 0.29) is 18.0 Å². The van der Waals surface area contributed by atoms with Gasteiger partial charge in [-0.3, -0.25) is 0 Å². The fraction of sp³-hybridized carbons (Fsp3) is 0.316. The number of anilines is 3. The van der Waals surface area contributed by atoms with Crippen molar-refractivity contribution in [3.8, 4) is 5.75 Å². The van der Waals surface area contributed by atoms with Crippen LogP contribution in [0.4, 0.5) is 22.2 Å². The van der Waals surface area contributed by atoms with Crippen LogP contribution in [0.3, 0.4) is 0 Å². The van der Waals surface area contributed by atoms with E-state index in [1.54, 1.807) is 18.4 Å². The van der Waals surface area contributed by atoms with Crippen molar-refractivity contribution in [3.63, 3.8) is 0 Å². The Hall–Kier alpha value is -3.07. The summed E-state index contributed by atoms with van der Waals surface area (Å²) in [6.07, 6.45) is 0. The van der Waals surface area contributed by atoms with Gasteiger partial charge in [-0.05, 0) is 42.6 Å². The number of nitrogens with zero attached hydrogens (tertiary/aromatic N) is 4. The Bertz CT molecular complexity index is 990. The Morgan fingerprint density at radius 1 is 1.25 bits per heavy atom. The summed E-state index contributed by atoms with van der Waals surface area (Å²) in [6, 6.07) is 9.31. The van der Waals surface area contributed by atoms with E-state index in [0.717, 1.165) is 27.5 Å². The maximum atomic E-state index is 12.7. The summed E-state index contributed by atoms with van der Waals surface area (Å²) in [5.41, 5.74) is 6.63. The average Bonchev–Trinajstić information content (AvgIpc) is 3.16. The van der Waals surface area contributed by atoms with Crippen LogP contribution in [0.1, 0.15) is 6.92 Å². The maximum Gasteiger partial charge on any atom is 0.321 e. The zero-order chi connectivity index (χ0) is 19.7. The lowest BCUT2D eigenvalue weighted by atomic mass is 10.2. The van der Waals surface area contributed by atoms with E-state index in [1.165, 1.54) is 0 Å². The number of ether oxygens (including phenoxy) is 1. The molecule has 1 atom stereocenters. The Balaban J connectivity index is 1.45. The normalized spacial score (nSPS) is 17.0. The molecule has 0 radical (unpaired) electrons. The van der Waals surface area contributed by atoms with Gasteiger partial charge in [0.25, 0.3) is 0 Å². The third-order valence-corrected chi connectivity index (χ3v) is 5.66. The summed E-state index contributed by atoms with van der Waals surface area (Å²) in [5.74, 6) is 1.87. The Morgan fingerprint density at radius 3 is 2.75 bits per heavy atom. The van der Waals surface area contributed by atoms with Crippen LogP contribution in [0.15, 0.2) is 35.7 Å². The molecule has 1 aromatic carbocycles. The van der Waals surface area contributed by atoms with E-state index in [4.69, 9.17) is 10.5 Å². The lowest BCUT2D eigenvalue weighted by molar-refractivity contribution is 0.200. The molecule has 0 saturated carbocycles.